The second kappa shape index (κ2) is 3.96. The quantitative estimate of drug-likeness (QED) is 0.783. The summed E-state index contributed by atoms with van der Waals surface area (Å²) in [5.41, 5.74) is 1.49. The monoisotopic (exact) mass is 254 g/mol. The molecule has 2 rings (SSSR count). The van der Waals surface area contributed by atoms with Crippen molar-refractivity contribution in [1.29, 1.82) is 0 Å². The van der Waals surface area contributed by atoms with Gasteiger partial charge >= 0.3 is 5.97 Å². The summed E-state index contributed by atoms with van der Waals surface area (Å²) in [4.78, 5) is 23.4. The highest BCUT2D eigenvalue weighted by molar-refractivity contribution is 8.04. The van der Waals surface area contributed by atoms with Crippen LogP contribution in [-0.4, -0.2) is 16.9 Å². The number of carbonyl (C=O) groups is 2. The number of ketones is 1. The molecule has 0 bridgehead atoms. The zero-order valence-corrected chi connectivity index (χ0v) is 9.85. The number of Topliss-reactive ketones (excluding diaryl/α,β-unsaturated/α-hetero) is 1. The number of rotatable bonds is 1. The summed E-state index contributed by atoms with van der Waals surface area (Å²) in [5, 5.41) is 8.33. The molecule has 1 aliphatic heterocycles. The van der Waals surface area contributed by atoms with Crippen molar-refractivity contribution in [2.24, 2.45) is 0 Å². The van der Waals surface area contributed by atoms with Gasteiger partial charge in [0.2, 0.25) is 5.78 Å². The molecule has 0 saturated carbocycles. The fraction of sp³-hybridized carbons (Fsp3) is 0.0909. The largest absolute Gasteiger partial charge is 0.477 e. The molecule has 0 atom stereocenters. The molecular formula is C11H7ClO3S. The Morgan fingerprint density at radius 1 is 1.44 bits per heavy atom. The number of aryl methyl sites for hydroxylation is 1. The maximum Gasteiger partial charge on any atom is 0.348 e. The second-order valence-electron chi connectivity index (χ2n) is 3.38. The minimum absolute atomic E-state index is 0.0924. The normalized spacial score (nSPS) is 17.2. The molecule has 0 aromatic heterocycles. The molecule has 0 fully saturated rings. The summed E-state index contributed by atoms with van der Waals surface area (Å²) in [6.07, 6.45) is 0. The van der Waals surface area contributed by atoms with Crippen LogP contribution in [0.1, 0.15) is 15.9 Å². The lowest BCUT2D eigenvalue weighted by Crippen LogP contribution is -2.02. The molecule has 0 unspecified atom stereocenters. The number of benzene rings is 1. The molecule has 1 aliphatic rings. The van der Waals surface area contributed by atoms with Crippen molar-refractivity contribution >= 4 is 35.1 Å². The van der Waals surface area contributed by atoms with Gasteiger partial charge in [-0.3, -0.25) is 4.79 Å². The van der Waals surface area contributed by atoms with Crippen molar-refractivity contribution in [3.63, 3.8) is 0 Å². The van der Waals surface area contributed by atoms with Crippen LogP contribution in [0.15, 0.2) is 33.0 Å². The first-order valence-electron chi connectivity index (χ1n) is 4.47. The Hall–Kier alpha value is -1.26. The summed E-state index contributed by atoms with van der Waals surface area (Å²) >= 11 is 6.69. The third kappa shape index (κ3) is 1.74. The van der Waals surface area contributed by atoms with E-state index >= 15 is 0 Å². The SMILES string of the molecule is Cc1ccc2c(c1)C(=O)C(=C(Cl)C(=O)O)S2. The van der Waals surface area contributed by atoms with Crippen LogP contribution in [0, 0.1) is 6.92 Å². The first-order chi connectivity index (χ1) is 7.50. The number of hydrogen-bond acceptors (Lipinski definition) is 3. The summed E-state index contributed by atoms with van der Waals surface area (Å²) in [7, 11) is 0. The van der Waals surface area contributed by atoms with Crippen molar-refractivity contribution in [3.8, 4) is 0 Å². The number of fused-ring (bicyclic) bond motifs is 1. The molecule has 0 aliphatic carbocycles. The first-order valence-corrected chi connectivity index (χ1v) is 5.66. The highest BCUT2D eigenvalue weighted by Gasteiger charge is 2.30. The molecule has 1 N–H and O–H groups in total. The molecule has 1 aromatic carbocycles. The maximum atomic E-state index is 11.9. The average Bonchev–Trinajstić information content (AvgIpc) is 2.55. The minimum Gasteiger partial charge on any atom is -0.477 e. The summed E-state index contributed by atoms with van der Waals surface area (Å²) in [6, 6.07) is 5.41. The van der Waals surface area contributed by atoms with E-state index in [1.165, 1.54) is 0 Å². The fourth-order valence-electron chi connectivity index (χ4n) is 1.43. The van der Waals surface area contributed by atoms with E-state index in [1.807, 2.05) is 13.0 Å². The second-order valence-corrected chi connectivity index (χ2v) is 4.81. The average molecular weight is 255 g/mol. The molecule has 0 amide bonds. The number of thioether (sulfide) groups is 1. The zero-order valence-electron chi connectivity index (χ0n) is 8.28. The third-order valence-corrected chi connectivity index (χ3v) is 3.82. The Bertz CT molecular complexity index is 534. The Balaban J connectivity index is 2.54. The van der Waals surface area contributed by atoms with Crippen LogP contribution < -0.4 is 0 Å². The molecule has 1 heterocycles. The van der Waals surface area contributed by atoms with Gasteiger partial charge in [0.15, 0.2) is 0 Å². The fourth-order valence-corrected chi connectivity index (χ4v) is 2.63. The lowest BCUT2D eigenvalue weighted by molar-refractivity contribution is -0.131. The van der Waals surface area contributed by atoms with Gasteiger partial charge in [0, 0.05) is 10.5 Å². The Kier molecular flexibility index (Phi) is 2.78. The van der Waals surface area contributed by atoms with Gasteiger partial charge in [-0.25, -0.2) is 4.79 Å². The standard InChI is InChI=1S/C11H7ClO3S/c1-5-2-3-7-6(4-5)9(13)10(16-7)8(12)11(14)15/h2-4H,1H3,(H,14,15). The molecule has 1 aromatic rings. The van der Waals surface area contributed by atoms with Gasteiger partial charge in [-0.15, -0.1) is 0 Å². The van der Waals surface area contributed by atoms with Crippen molar-refractivity contribution in [2.75, 3.05) is 0 Å². The number of carboxylic acids is 1. The van der Waals surface area contributed by atoms with Crippen LogP contribution in [0.2, 0.25) is 0 Å². The number of halogens is 1. The van der Waals surface area contributed by atoms with Crippen molar-refractivity contribution in [2.45, 2.75) is 11.8 Å². The predicted octanol–water partition coefficient (Wildman–Crippen LogP) is 2.82. The minimum atomic E-state index is -1.28. The van der Waals surface area contributed by atoms with Crippen LogP contribution >= 0.6 is 23.4 Å². The van der Waals surface area contributed by atoms with E-state index < -0.39 is 11.0 Å². The van der Waals surface area contributed by atoms with Gasteiger partial charge in [0.1, 0.15) is 5.03 Å². The topological polar surface area (TPSA) is 54.4 Å². The number of hydrogen-bond donors (Lipinski definition) is 1. The maximum absolute atomic E-state index is 11.9. The molecule has 0 spiro atoms. The van der Waals surface area contributed by atoms with Crippen LogP contribution in [0.3, 0.4) is 0 Å². The van der Waals surface area contributed by atoms with E-state index in [0.29, 0.717) is 5.56 Å². The summed E-state index contributed by atoms with van der Waals surface area (Å²) in [6.45, 7) is 1.87. The first kappa shape index (κ1) is 11.2. The van der Waals surface area contributed by atoms with E-state index in [9.17, 15) is 9.59 Å². The number of carbonyl (C=O) groups excluding carboxylic acids is 1. The van der Waals surface area contributed by atoms with Gasteiger partial charge in [-0.05, 0) is 19.1 Å². The van der Waals surface area contributed by atoms with Crippen molar-refractivity contribution in [3.05, 3.63) is 39.3 Å². The van der Waals surface area contributed by atoms with Crippen LogP contribution in [-0.2, 0) is 4.79 Å². The lowest BCUT2D eigenvalue weighted by Gasteiger charge is -1.95. The number of carboxylic acid groups (broad SMARTS) is 1. The molecule has 82 valence electrons. The third-order valence-electron chi connectivity index (χ3n) is 2.19. The smallest absolute Gasteiger partial charge is 0.348 e. The molecule has 0 saturated heterocycles. The molecule has 16 heavy (non-hydrogen) atoms. The van der Waals surface area contributed by atoms with Crippen molar-refractivity contribution < 1.29 is 14.7 Å². The van der Waals surface area contributed by atoms with Gasteiger partial charge in [0.05, 0.1) is 4.91 Å². The molecule has 3 nitrogen and oxygen atoms in total. The van der Waals surface area contributed by atoms with Gasteiger partial charge in [0.25, 0.3) is 0 Å². The van der Waals surface area contributed by atoms with Crippen LogP contribution in [0.25, 0.3) is 0 Å². The number of allylic oxidation sites excluding steroid dienone is 1. The lowest BCUT2D eigenvalue weighted by atomic mass is 10.1. The molecular weight excluding hydrogens is 248 g/mol. The molecule has 0 radical (unpaired) electrons. The van der Waals surface area contributed by atoms with E-state index in [-0.39, 0.29) is 10.7 Å². The summed E-state index contributed by atoms with van der Waals surface area (Å²) in [5.74, 6) is -1.59. The van der Waals surface area contributed by atoms with Crippen molar-refractivity contribution in [1.82, 2.24) is 0 Å². The van der Waals surface area contributed by atoms with Gasteiger partial charge < -0.3 is 5.11 Å². The Labute approximate surface area is 101 Å². The van der Waals surface area contributed by atoms with Gasteiger partial charge in [-0.2, -0.15) is 0 Å². The van der Waals surface area contributed by atoms with Crippen LogP contribution in [0.4, 0.5) is 0 Å². The van der Waals surface area contributed by atoms with E-state index in [4.69, 9.17) is 16.7 Å². The predicted molar refractivity (Wildman–Crippen MR) is 61.9 cm³/mol. The summed E-state index contributed by atoms with van der Waals surface area (Å²) < 4.78 is 0. The zero-order chi connectivity index (χ0) is 11.9. The van der Waals surface area contributed by atoms with E-state index in [2.05, 4.69) is 0 Å². The Morgan fingerprint density at radius 2 is 2.12 bits per heavy atom. The van der Waals surface area contributed by atoms with E-state index in [1.54, 1.807) is 12.1 Å². The molecule has 5 heteroatoms. The van der Waals surface area contributed by atoms with Crippen LogP contribution in [0.5, 0.6) is 0 Å². The van der Waals surface area contributed by atoms with E-state index in [0.717, 1.165) is 22.2 Å². The van der Waals surface area contributed by atoms with Gasteiger partial charge in [-0.1, -0.05) is 35.0 Å². The highest BCUT2D eigenvalue weighted by Crippen LogP contribution is 2.42. The highest BCUT2D eigenvalue weighted by atomic mass is 35.5. The Morgan fingerprint density at radius 3 is 2.75 bits per heavy atom. The number of aliphatic carboxylic acids is 1.